The number of fused-ring (bicyclic) bond motifs is 1. The van der Waals surface area contributed by atoms with Crippen LogP contribution in [0, 0.1) is 0 Å². The van der Waals surface area contributed by atoms with Crippen LogP contribution in [0.4, 0.5) is 0 Å². The van der Waals surface area contributed by atoms with Gasteiger partial charge in [-0.05, 0) is 0 Å². The first-order valence-corrected chi connectivity index (χ1v) is 11.5. The molecule has 3 heterocycles. The smallest absolute Gasteiger partial charge is 0.349 e. The lowest BCUT2D eigenvalue weighted by Gasteiger charge is -2.53. The summed E-state index contributed by atoms with van der Waals surface area (Å²) in [6.45, 7) is 14.1. The highest BCUT2D eigenvalue weighted by molar-refractivity contribution is 6.73. The maximum absolute atomic E-state index is 12.3. The molecule has 0 saturated carbocycles. The topological polar surface area (TPSA) is 109 Å². The molecule has 1 N–H and O–H groups in total. The van der Waals surface area contributed by atoms with Crippen LogP contribution in [-0.4, -0.2) is 49.0 Å². The fraction of sp³-hybridized carbons (Fsp3) is 0.737. The van der Waals surface area contributed by atoms with Gasteiger partial charge in [0.25, 0.3) is 5.56 Å². The lowest BCUT2D eigenvalue weighted by molar-refractivity contribution is -0.156. The molecule has 2 aliphatic heterocycles. The van der Waals surface area contributed by atoms with Crippen molar-refractivity contribution in [1.29, 1.82) is 0 Å². The fourth-order valence-corrected chi connectivity index (χ4v) is 9.45. The zero-order chi connectivity index (χ0) is 21.8. The van der Waals surface area contributed by atoms with Crippen molar-refractivity contribution in [2.45, 2.75) is 83.1 Å². The van der Waals surface area contributed by atoms with Gasteiger partial charge < -0.3 is 18.3 Å². The number of rotatable bonds is 2. The minimum atomic E-state index is -2.83. The molecular formula is C19H30N2O7Si. The number of H-pyrrole nitrogens is 1. The predicted octanol–water partition coefficient (Wildman–Crippen LogP) is 1.82. The first-order chi connectivity index (χ1) is 13.3. The van der Waals surface area contributed by atoms with Crippen LogP contribution in [0.2, 0.25) is 10.1 Å². The third-order valence-corrected chi connectivity index (χ3v) is 10.6. The van der Waals surface area contributed by atoms with Crippen LogP contribution in [-0.2, 0) is 23.1 Å². The second-order valence-electron chi connectivity index (χ2n) is 9.67. The van der Waals surface area contributed by atoms with Gasteiger partial charge in [-0.25, -0.2) is 4.79 Å². The van der Waals surface area contributed by atoms with Crippen molar-refractivity contribution in [3.8, 4) is 0 Å². The zero-order valence-electron chi connectivity index (χ0n) is 18.0. The lowest BCUT2D eigenvalue weighted by Crippen LogP contribution is -2.65. The second-order valence-corrected chi connectivity index (χ2v) is 14.4. The maximum Gasteiger partial charge on any atom is 0.349 e. The Morgan fingerprint density at radius 3 is 2.34 bits per heavy atom. The molecule has 0 aliphatic carbocycles. The Bertz CT molecular complexity index is 881. The minimum absolute atomic E-state index is 0.260. The summed E-state index contributed by atoms with van der Waals surface area (Å²) in [6, 6.07) is 1.22. The van der Waals surface area contributed by atoms with Crippen molar-refractivity contribution < 1.29 is 23.1 Å². The summed E-state index contributed by atoms with van der Waals surface area (Å²) >= 11 is 0. The van der Waals surface area contributed by atoms with E-state index in [1.807, 2.05) is 0 Å². The first-order valence-electron chi connectivity index (χ1n) is 9.73. The van der Waals surface area contributed by atoms with E-state index in [2.05, 4.69) is 46.5 Å². The molecule has 0 aromatic carbocycles. The van der Waals surface area contributed by atoms with Gasteiger partial charge in [0.15, 0.2) is 12.3 Å². The standard InChI is InChI=1S/C19H30N2O7Si/c1-11(22)26-15-14-12(27-16(15)21-9-8-13(23)20-17(21)24)10-25-29(28-14,18(2,3)4)19(5,6)7/h8-9,12,14-16H,10H2,1-7H3,(H,20,23,24)/t12-,14-,15-,16-/m1/s1. The van der Waals surface area contributed by atoms with E-state index in [4.69, 9.17) is 18.3 Å². The van der Waals surface area contributed by atoms with Crippen LogP contribution in [0.3, 0.4) is 0 Å². The third-order valence-electron chi connectivity index (χ3n) is 5.44. The Balaban J connectivity index is 2.04. The summed E-state index contributed by atoms with van der Waals surface area (Å²) < 4.78 is 25.9. The Labute approximate surface area is 170 Å². The van der Waals surface area contributed by atoms with Crippen LogP contribution in [0.15, 0.2) is 21.9 Å². The highest BCUT2D eigenvalue weighted by Gasteiger charge is 2.65. The molecule has 1 aromatic heterocycles. The number of esters is 1. The second kappa shape index (κ2) is 7.19. The summed E-state index contributed by atoms with van der Waals surface area (Å²) in [7, 11) is -2.83. The summed E-state index contributed by atoms with van der Waals surface area (Å²) in [5.74, 6) is -0.504. The molecule has 0 spiro atoms. The summed E-state index contributed by atoms with van der Waals surface area (Å²) in [6.07, 6.45) is -1.53. The van der Waals surface area contributed by atoms with Gasteiger partial charge in [0.05, 0.1) is 6.61 Å². The van der Waals surface area contributed by atoms with E-state index >= 15 is 0 Å². The number of hydrogen-bond donors (Lipinski definition) is 1. The van der Waals surface area contributed by atoms with Crippen LogP contribution in [0.25, 0.3) is 0 Å². The molecule has 162 valence electrons. The largest absolute Gasteiger partial charge is 0.455 e. The molecular weight excluding hydrogens is 396 g/mol. The van der Waals surface area contributed by atoms with E-state index in [-0.39, 0.29) is 16.7 Å². The molecule has 29 heavy (non-hydrogen) atoms. The van der Waals surface area contributed by atoms with Gasteiger partial charge in [0, 0.05) is 29.3 Å². The van der Waals surface area contributed by atoms with Crippen molar-refractivity contribution >= 4 is 14.5 Å². The highest BCUT2D eigenvalue weighted by atomic mass is 28.4. The minimum Gasteiger partial charge on any atom is -0.455 e. The van der Waals surface area contributed by atoms with Crippen molar-refractivity contribution in [2.24, 2.45) is 0 Å². The number of aromatic amines is 1. The normalized spacial score (nSPS) is 29.3. The summed E-state index contributed by atoms with van der Waals surface area (Å²) in [4.78, 5) is 37.8. The van der Waals surface area contributed by atoms with E-state index in [1.165, 1.54) is 23.8 Å². The molecule has 0 radical (unpaired) electrons. The van der Waals surface area contributed by atoms with Gasteiger partial charge in [-0.15, -0.1) is 0 Å². The molecule has 10 heteroatoms. The first kappa shape index (κ1) is 21.9. The van der Waals surface area contributed by atoms with Crippen LogP contribution >= 0.6 is 0 Å². The average Bonchev–Trinajstić information content (AvgIpc) is 2.89. The van der Waals surface area contributed by atoms with Crippen molar-refractivity contribution in [3.63, 3.8) is 0 Å². The van der Waals surface area contributed by atoms with Crippen molar-refractivity contribution in [3.05, 3.63) is 33.1 Å². The molecule has 2 fully saturated rings. The van der Waals surface area contributed by atoms with Gasteiger partial charge in [0.1, 0.15) is 12.2 Å². The predicted molar refractivity (Wildman–Crippen MR) is 107 cm³/mol. The Morgan fingerprint density at radius 1 is 1.21 bits per heavy atom. The summed E-state index contributed by atoms with van der Waals surface area (Å²) in [5.41, 5.74) is -1.16. The van der Waals surface area contributed by atoms with Gasteiger partial charge >= 0.3 is 20.2 Å². The maximum atomic E-state index is 12.3. The highest BCUT2D eigenvalue weighted by Crippen LogP contribution is 2.56. The van der Waals surface area contributed by atoms with E-state index in [1.54, 1.807) is 0 Å². The number of hydrogen-bond acceptors (Lipinski definition) is 7. The number of nitrogens with one attached hydrogen (secondary N) is 1. The molecule has 1 aromatic rings. The lowest BCUT2D eigenvalue weighted by atomic mass is 10.1. The molecule has 4 atom stereocenters. The van der Waals surface area contributed by atoms with Crippen LogP contribution in [0.1, 0.15) is 54.7 Å². The van der Waals surface area contributed by atoms with E-state index in [0.29, 0.717) is 0 Å². The zero-order valence-corrected chi connectivity index (χ0v) is 19.0. The molecule has 0 amide bonds. The Kier molecular flexibility index (Phi) is 5.44. The van der Waals surface area contributed by atoms with Gasteiger partial charge in [-0.2, -0.15) is 0 Å². The Morgan fingerprint density at radius 2 is 1.83 bits per heavy atom. The summed E-state index contributed by atoms with van der Waals surface area (Å²) in [5, 5.41) is -0.520. The number of aromatic nitrogens is 2. The number of carbonyl (C=O) groups excluding carboxylic acids is 1. The molecule has 9 nitrogen and oxygen atoms in total. The molecule has 3 rings (SSSR count). The molecule has 0 unspecified atom stereocenters. The van der Waals surface area contributed by atoms with Gasteiger partial charge in [-0.3, -0.25) is 19.1 Å². The van der Waals surface area contributed by atoms with Crippen LogP contribution < -0.4 is 11.2 Å². The van der Waals surface area contributed by atoms with Crippen molar-refractivity contribution in [1.82, 2.24) is 9.55 Å². The monoisotopic (exact) mass is 426 g/mol. The Hall–Kier alpha value is -1.75. The van der Waals surface area contributed by atoms with Gasteiger partial charge in [-0.1, -0.05) is 41.5 Å². The number of nitrogens with zero attached hydrogens (tertiary/aromatic N) is 1. The van der Waals surface area contributed by atoms with E-state index in [9.17, 15) is 14.4 Å². The van der Waals surface area contributed by atoms with Crippen molar-refractivity contribution in [2.75, 3.05) is 6.61 Å². The van der Waals surface area contributed by atoms with Gasteiger partial charge in [0.2, 0.25) is 0 Å². The number of carbonyl (C=O) groups is 1. The third kappa shape index (κ3) is 3.74. The number of ether oxygens (including phenoxy) is 2. The quantitative estimate of drug-likeness (QED) is 0.567. The molecule has 2 saturated heterocycles. The molecule has 0 bridgehead atoms. The average molecular weight is 427 g/mol. The fourth-order valence-electron chi connectivity index (χ4n) is 4.49. The van der Waals surface area contributed by atoms with E-state index < -0.39 is 50.3 Å². The van der Waals surface area contributed by atoms with Crippen LogP contribution in [0.5, 0.6) is 0 Å². The SMILES string of the molecule is CC(=O)O[C@@H]1[C@@H]2O[Si](C(C)(C)C)(C(C)(C)C)OC[C@H]2O[C@H]1n1ccc(=O)[nH]c1=O. The van der Waals surface area contributed by atoms with E-state index in [0.717, 1.165) is 0 Å². The molecule has 2 aliphatic rings.